The molecular formula is C18H26N4O2. The number of rotatable bonds is 7. The Morgan fingerprint density at radius 1 is 1.21 bits per heavy atom. The zero-order valence-corrected chi connectivity index (χ0v) is 14.2. The Bertz CT molecular complexity index is 610. The molecule has 0 aliphatic carbocycles. The van der Waals surface area contributed by atoms with Crippen molar-refractivity contribution in [1.82, 2.24) is 19.6 Å². The lowest BCUT2D eigenvalue weighted by Gasteiger charge is -2.29. The summed E-state index contributed by atoms with van der Waals surface area (Å²) in [5, 5.41) is 14.9. The predicted octanol–water partition coefficient (Wildman–Crippen LogP) is 0.997. The lowest BCUT2D eigenvalue weighted by molar-refractivity contribution is 0.00818. The third-order valence-corrected chi connectivity index (χ3v) is 4.19. The number of morpholine rings is 1. The zero-order valence-electron chi connectivity index (χ0n) is 14.2. The Hall–Kier alpha value is -1.73. The van der Waals surface area contributed by atoms with E-state index in [1.54, 1.807) is 0 Å². The van der Waals surface area contributed by atoms with Gasteiger partial charge in [0.2, 0.25) is 0 Å². The molecule has 1 N–H and O–H groups in total. The van der Waals surface area contributed by atoms with Crippen LogP contribution in [0.3, 0.4) is 0 Å². The third-order valence-electron chi connectivity index (χ3n) is 4.19. The van der Waals surface area contributed by atoms with Crippen LogP contribution in [0.25, 0.3) is 5.69 Å². The molecule has 2 heterocycles. The van der Waals surface area contributed by atoms with Gasteiger partial charge in [-0.1, -0.05) is 18.2 Å². The van der Waals surface area contributed by atoms with Crippen LogP contribution in [0.15, 0.2) is 42.6 Å². The lowest BCUT2D eigenvalue weighted by atomic mass is 10.2. The summed E-state index contributed by atoms with van der Waals surface area (Å²) >= 11 is 0. The molecule has 1 aliphatic heterocycles. The molecule has 0 saturated carbocycles. The van der Waals surface area contributed by atoms with E-state index in [2.05, 4.69) is 14.9 Å². The molecule has 1 aromatic heterocycles. The Morgan fingerprint density at radius 2 is 1.96 bits per heavy atom. The summed E-state index contributed by atoms with van der Waals surface area (Å²) in [6, 6.07) is 12.1. The normalized spacial score (nSPS) is 17.3. The smallest absolute Gasteiger partial charge is 0.0793 e. The van der Waals surface area contributed by atoms with Gasteiger partial charge in [-0.3, -0.25) is 9.80 Å². The van der Waals surface area contributed by atoms with Gasteiger partial charge >= 0.3 is 0 Å². The Balaban J connectivity index is 1.48. The quantitative estimate of drug-likeness (QED) is 0.821. The highest BCUT2D eigenvalue weighted by atomic mass is 16.5. The Labute approximate surface area is 143 Å². The number of aliphatic hydroxyl groups is 1. The molecule has 0 bridgehead atoms. The summed E-state index contributed by atoms with van der Waals surface area (Å²) in [5.41, 5.74) is 2.05. The molecule has 0 spiro atoms. The minimum absolute atomic E-state index is 0.357. The number of ether oxygens (including phenoxy) is 1. The van der Waals surface area contributed by atoms with Crippen molar-refractivity contribution in [3.05, 3.63) is 48.3 Å². The molecule has 130 valence electrons. The highest BCUT2D eigenvalue weighted by molar-refractivity contribution is 5.30. The van der Waals surface area contributed by atoms with E-state index < -0.39 is 0 Å². The van der Waals surface area contributed by atoms with Crippen LogP contribution in [0.4, 0.5) is 0 Å². The van der Waals surface area contributed by atoms with Crippen molar-refractivity contribution in [3.8, 4) is 5.69 Å². The second-order valence-corrected chi connectivity index (χ2v) is 6.35. The van der Waals surface area contributed by atoms with Crippen LogP contribution in [-0.4, -0.2) is 77.2 Å². The monoisotopic (exact) mass is 330 g/mol. The first kappa shape index (κ1) is 17.1. The van der Waals surface area contributed by atoms with Gasteiger partial charge in [0.25, 0.3) is 0 Å². The average molecular weight is 330 g/mol. The maximum absolute atomic E-state index is 10.3. The molecule has 6 heteroatoms. The van der Waals surface area contributed by atoms with Crippen molar-refractivity contribution in [1.29, 1.82) is 0 Å². The molecule has 1 aromatic carbocycles. The summed E-state index contributed by atoms with van der Waals surface area (Å²) < 4.78 is 7.22. The standard InChI is InChI=1S/C18H26N4O2/c1-20(14-18(23)15-21-9-11-24-12-10-21)13-16-7-8-22(19-16)17-5-3-2-4-6-17/h2-8,18,23H,9-15H2,1H3/t18-/m0/s1. The first-order chi connectivity index (χ1) is 11.7. The molecule has 1 saturated heterocycles. The molecule has 0 radical (unpaired) electrons. The van der Waals surface area contributed by atoms with Gasteiger partial charge in [0.05, 0.1) is 30.7 Å². The largest absolute Gasteiger partial charge is 0.390 e. The van der Waals surface area contributed by atoms with E-state index in [4.69, 9.17) is 4.74 Å². The third kappa shape index (κ3) is 4.88. The number of nitrogens with zero attached hydrogens (tertiary/aromatic N) is 4. The van der Waals surface area contributed by atoms with E-state index in [1.165, 1.54) is 0 Å². The number of aliphatic hydroxyl groups excluding tert-OH is 1. The van der Waals surface area contributed by atoms with Crippen LogP contribution in [0.5, 0.6) is 0 Å². The van der Waals surface area contributed by atoms with Crippen LogP contribution >= 0.6 is 0 Å². The molecule has 3 rings (SSSR count). The number of likely N-dealkylation sites (N-methyl/N-ethyl adjacent to an activating group) is 1. The fourth-order valence-corrected chi connectivity index (χ4v) is 3.01. The summed E-state index contributed by atoms with van der Waals surface area (Å²) in [4.78, 5) is 4.37. The molecule has 6 nitrogen and oxygen atoms in total. The van der Waals surface area contributed by atoms with Gasteiger partial charge < -0.3 is 9.84 Å². The minimum atomic E-state index is -0.357. The molecular weight excluding hydrogens is 304 g/mol. The average Bonchev–Trinajstić information content (AvgIpc) is 3.04. The number of para-hydroxylation sites is 1. The van der Waals surface area contributed by atoms with E-state index in [-0.39, 0.29) is 6.10 Å². The Morgan fingerprint density at radius 3 is 2.71 bits per heavy atom. The number of hydrogen-bond acceptors (Lipinski definition) is 5. The van der Waals surface area contributed by atoms with Gasteiger partial charge in [-0.2, -0.15) is 5.10 Å². The summed E-state index contributed by atoms with van der Waals surface area (Å²) in [6.07, 6.45) is 1.62. The maximum Gasteiger partial charge on any atom is 0.0793 e. The zero-order chi connectivity index (χ0) is 16.8. The van der Waals surface area contributed by atoms with E-state index in [1.807, 2.05) is 54.3 Å². The highest BCUT2D eigenvalue weighted by Gasteiger charge is 2.16. The SMILES string of the molecule is CN(Cc1ccn(-c2ccccc2)n1)C[C@H](O)CN1CCOCC1. The summed E-state index contributed by atoms with van der Waals surface area (Å²) in [6.45, 7) is 5.39. The van der Waals surface area contributed by atoms with Crippen LogP contribution in [0, 0.1) is 0 Å². The van der Waals surface area contributed by atoms with Crippen molar-refractivity contribution in [2.45, 2.75) is 12.6 Å². The fourth-order valence-electron chi connectivity index (χ4n) is 3.01. The van der Waals surface area contributed by atoms with Crippen LogP contribution < -0.4 is 0 Å². The van der Waals surface area contributed by atoms with E-state index in [0.717, 1.165) is 44.2 Å². The van der Waals surface area contributed by atoms with Crippen LogP contribution in [-0.2, 0) is 11.3 Å². The topological polar surface area (TPSA) is 53.8 Å². The van der Waals surface area contributed by atoms with Gasteiger partial charge in [-0.05, 0) is 25.2 Å². The van der Waals surface area contributed by atoms with Gasteiger partial charge in [0.15, 0.2) is 0 Å². The molecule has 2 aromatic rings. The van der Waals surface area contributed by atoms with Crippen molar-refractivity contribution in [2.75, 3.05) is 46.4 Å². The van der Waals surface area contributed by atoms with Gasteiger partial charge in [-0.15, -0.1) is 0 Å². The number of benzene rings is 1. The second kappa shape index (κ2) is 8.39. The van der Waals surface area contributed by atoms with Crippen LogP contribution in [0.1, 0.15) is 5.69 Å². The number of hydrogen-bond donors (Lipinski definition) is 1. The lowest BCUT2D eigenvalue weighted by Crippen LogP contribution is -2.44. The molecule has 0 amide bonds. The second-order valence-electron chi connectivity index (χ2n) is 6.35. The molecule has 1 aliphatic rings. The van der Waals surface area contributed by atoms with Crippen molar-refractivity contribution >= 4 is 0 Å². The van der Waals surface area contributed by atoms with Crippen molar-refractivity contribution in [3.63, 3.8) is 0 Å². The molecule has 1 atom stereocenters. The van der Waals surface area contributed by atoms with Gasteiger partial charge in [-0.25, -0.2) is 4.68 Å². The Kier molecular flexibility index (Phi) is 5.98. The molecule has 1 fully saturated rings. The number of β-amino-alcohol motifs (C(OH)–C–C–N with tert-alkyl or cyclic N) is 1. The van der Waals surface area contributed by atoms with E-state index >= 15 is 0 Å². The molecule has 0 unspecified atom stereocenters. The van der Waals surface area contributed by atoms with Crippen molar-refractivity contribution in [2.24, 2.45) is 0 Å². The summed E-state index contributed by atoms with van der Waals surface area (Å²) in [7, 11) is 2.02. The van der Waals surface area contributed by atoms with E-state index in [9.17, 15) is 5.11 Å². The first-order valence-corrected chi connectivity index (χ1v) is 8.47. The van der Waals surface area contributed by atoms with Gasteiger partial charge in [0.1, 0.15) is 0 Å². The first-order valence-electron chi connectivity index (χ1n) is 8.47. The summed E-state index contributed by atoms with van der Waals surface area (Å²) in [5.74, 6) is 0. The number of aromatic nitrogens is 2. The predicted molar refractivity (Wildman–Crippen MR) is 93.2 cm³/mol. The maximum atomic E-state index is 10.3. The molecule has 24 heavy (non-hydrogen) atoms. The van der Waals surface area contributed by atoms with Gasteiger partial charge in [0, 0.05) is 38.9 Å². The highest BCUT2D eigenvalue weighted by Crippen LogP contribution is 2.08. The van der Waals surface area contributed by atoms with Crippen LogP contribution in [0.2, 0.25) is 0 Å². The van der Waals surface area contributed by atoms with E-state index in [0.29, 0.717) is 13.1 Å². The minimum Gasteiger partial charge on any atom is -0.390 e. The fraction of sp³-hybridized carbons (Fsp3) is 0.500. The van der Waals surface area contributed by atoms with Crippen molar-refractivity contribution < 1.29 is 9.84 Å².